The highest BCUT2D eigenvalue weighted by molar-refractivity contribution is 5.86. The summed E-state index contributed by atoms with van der Waals surface area (Å²) in [6.07, 6.45) is 1.71. The van der Waals surface area contributed by atoms with Crippen LogP contribution >= 0.6 is 0 Å². The topological polar surface area (TPSA) is 59.9 Å². The summed E-state index contributed by atoms with van der Waals surface area (Å²) in [7, 11) is 1.65. The van der Waals surface area contributed by atoms with Crippen molar-refractivity contribution in [3.63, 3.8) is 0 Å². The molecule has 0 unspecified atom stereocenters. The van der Waals surface area contributed by atoms with Gasteiger partial charge in [0.2, 0.25) is 0 Å². The van der Waals surface area contributed by atoms with Crippen molar-refractivity contribution < 1.29 is 4.74 Å². The van der Waals surface area contributed by atoms with Gasteiger partial charge in [-0.05, 0) is 31.5 Å². The number of aryl methyl sites for hydroxylation is 2. The van der Waals surface area contributed by atoms with E-state index in [4.69, 9.17) is 4.74 Å². The summed E-state index contributed by atoms with van der Waals surface area (Å²) < 4.78 is 7.31. The third kappa shape index (κ3) is 2.20. The van der Waals surface area contributed by atoms with Crippen molar-refractivity contribution >= 4 is 10.8 Å². The number of methoxy groups -OCH3 is 1. The number of nitrogens with zero attached hydrogens (tertiary/aromatic N) is 2. The summed E-state index contributed by atoms with van der Waals surface area (Å²) >= 11 is 0. The van der Waals surface area contributed by atoms with Crippen LogP contribution in [0.15, 0.2) is 35.3 Å². The maximum absolute atomic E-state index is 12.0. The molecular weight excluding hydrogens is 266 g/mol. The molecule has 0 atom stereocenters. The number of aromatic amines is 1. The highest BCUT2D eigenvalue weighted by Crippen LogP contribution is 2.23. The molecule has 0 aliphatic carbocycles. The van der Waals surface area contributed by atoms with Gasteiger partial charge < -0.3 is 9.30 Å². The highest BCUT2D eigenvalue weighted by atomic mass is 16.5. The van der Waals surface area contributed by atoms with Gasteiger partial charge in [-0.2, -0.15) is 5.10 Å². The Morgan fingerprint density at radius 2 is 1.90 bits per heavy atom. The average molecular weight is 283 g/mol. The number of H-pyrrole nitrogens is 1. The SMILES string of the molecule is COc1ccc(Cn2c(C)c3cn[nH]c(=O)c3c2C)cc1. The normalized spacial score (nSPS) is 11.0. The number of ether oxygens (including phenoxy) is 1. The van der Waals surface area contributed by atoms with E-state index < -0.39 is 0 Å². The minimum absolute atomic E-state index is 0.137. The number of nitrogens with one attached hydrogen (secondary N) is 1. The minimum atomic E-state index is -0.137. The van der Waals surface area contributed by atoms with Gasteiger partial charge in [-0.25, -0.2) is 5.10 Å². The molecule has 5 nitrogen and oxygen atoms in total. The fourth-order valence-corrected chi connectivity index (χ4v) is 2.71. The molecule has 0 radical (unpaired) electrons. The molecule has 0 amide bonds. The van der Waals surface area contributed by atoms with Crippen molar-refractivity contribution in [1.82, 2.24) is 14.8 Å². The summed E-state index contributed by atoms with van der Waals surface area (Å²) in [5.74, 6) is 0.838. The molecular formula is C16H17N3O2. The van der Waals surface area contributed by atoms with Crippen LogP contribution in [0.2, 0.25) is 0 Å². The van der Waals surface area contributed by atoms with E-state index in [2.05, 4.69) is 14.8 Å². The zero-order valence-electron chi connectivity index (χ0n) is 12.3. The molecule has 0 saturated carbocycles. The molecule has 0 aliphatic heterocycles. The number of hydrogen-bond acceptors (Lipinski definition) is 3. The molecule has 0 aliphatic rings. The molecule has 1 N–H and O–H groups in total. The number of rotatable bonds is 3. The smallest absolute Gasteiger partial charge is 0.273 e. The van der Waals surface area contributed by atoms with Gasteiger partial charge in [0, 0.05) is 23.3 Å². The Hall–Kier alpha value is -2.56. The first-order chi connectivity index (χ1) is 10.1. The number of aromatic nitrogens is 3. The zero-order valence-corrected chi connectivity index (χ0v) is 12.3. The predicted molar refractivity (Wildman–Crippen MR) is 81.9 cm³/mol. The Morgan fingerprint density at radius 1 is 1.19 bits per heavy atom. The van der Waals surface area contributed by atoms with Gasteiger partial charge in [0.1, 0.15) is 5.75 Å². The van der Waals surface area contributed by atoms with Crippen LogP contribution in [0.4, 0.5) is 0 Å². The largest absolute Gasteiger partial charge is 0.497 e. The van der Waals surface area contributed by atoms with Crippen molar-refractivity contribution in [3.05, 3.63) is 57.8 Å². The summed E-state index contributed by atoms with van der Waals surface area (Å²) in [6, 6.07) is 7.95. The molecule has 3 aromatic rings. The van der Waals surface area contributed by atoms with E-state index in [1.165, 1.54) is 0 Å². The Morgan fingerprint density at radius 3 is 2.52 bits per heavy atom. The van der Waals surface area contributed by atoms with Crippen molar-refractivity contribution in [2.75, 3.05) is 7.11 Å². The Labute approximate surface area is 122 Å². The van der Waals surface area contributed by atoms with E-state index in [9.17, 15) is 4.79 Å². The summed E-state index contributed by atoms with van der Waals surface area (Å²) in [5, 5.41) is 8.01. The molecule has 2 aromatic heterocycles. The molecule has 2 heterocycles. The van der Waals surface area contributed by atoms with Gasteiger partial charge >= 0.3 is 0 Å². The lowest BCUT2D eigenvalue weighted by atomic mass is 10.2. The second-order valence-corrected chi connectivity index (χ2v) is 5.09. The predicted octanol–water partition coefficient (Wildman–Crippen LogP) is 2.40. The number of benzene rings is 1. The van der Waals surface area contributed by atoms with Crippen LogP contribution in [0, 0.1) is 13.8 Å². The Kier molecular flexibility index (Phi) is 3.25. The quantitative estimate of drug-likeness (QED) is 0.803. The van der Waals surface area contributed by atoms with E-state index in [0.29, 0.717) is 0 Å². The molecule has 5 heteroatoms. The van der Waals surface area contributed by atoms with Crippen LogP contribution in [-0.2, 0) is 6.54 Å². The lowest BCUT2D eigenvalue weighted by molar-refractivity contribution is 0.414. The molecule has 0 spiro atoms. The maximum atomic E-state index is 12.0. The molecule has 0 saturated heterocycles. The molecule has 0 fully saturated rings. The van der Waals surface area contributed by atoms with E-state index >= 15 is 0 Å². The Bertz CT molecular complexity index is 844. The highest BCUT2D eigenvalue weighted by Gasteiger charge is 2.14. The third-order valence-electron chi connectivity index (χ3n) is 3.92. The fourth-order valence-electron chi connectivity index (χ4n) is 2.71. The molecule has 108 valence electrons. The van der Waals surface area contributed by atoms with Gasteiger partial charge in [0.25, 0.3) is 5.56 Å². The van der Waals surface area contributed by atoms with Crippen LogP contribution in [0.1, 0.15) is 17.0 Å². The number of hydrogen-bond donors (Lipinski definition) is 1. The Balaban J connectivity index is 2.08. The standard InChI is InChI=1S/C16H17N3O2/c1-10-14-8-17-18-16(20)15(14)11(2)19(10)9-12-4-6-13(21-3)7-5-12/h4-8H,9H2,1-3H3,(H,18,20). The maximum Gasteiger partial charge on any atom is 0.273 e. The second-order valence-electron chi connectivity index (χ2n) is 5.09. The first-order valence-corrected chi connectivity index (χ1v) is 6.78. The van der Waals surface area contributed by atoms with Gasteiger partial charge in [-0.15, -0.1) is 0 Å². The van der Waals surface area contributed by atoms with Crippen molar-refractivity contribution in [2.45, 2.75) is 20.4 Å². The average Bonchev–Trinajstić information content (AvgIpc) is 2.74. The van der Waals surface area contributed by atoms with E-state index in [1.807, 2.05) is 38.1 Å². The molecule has 3 rings (SSSR count). The van der Waals surface area contributed by atoms with Crippen LogP contribution in [0.25, 0.3) is 10.8 Å². The summed E-state index contributed by atoms with van der Waals surface area (Å²) in [4.78, 5) is 12.0. The van der Waals surface area contributed by atoms with Gasteiger partial charge in [-0.1, -0.05) is 12.1 Å². The number of fused-ring (bicyclic) bond motifs is 1. The van der Waals surface area contributed by atoms with Crippen LogP contribution in [0.5, 0.6) is 5.75 Å². The van der Waals surface area contributed by atoms with Crippen LogP contribution < -0.4 is 10.3 Å². The first-order valence-electron chi connectivity index (χ1n) is 6.78. The van der Waals surface area contributed by atoms with E-state index in [-0.39, 0.29) is 5.56 Å². The van der Waals surface area contributed by atoms with Crippen molar-refractivity contribution in [3.8, 4) is 5.75 Å². The molecule has 21 heavy (non-hydrogen) atoms. The molecule has 1 aromatic carbocycles. The van der Waals surface area contributed by atoms with E-state index in [0.717, 1.165) is 40.0 Å². The van der Waals surface area contributed by atoms with Crippen LogP contribution in [0.3, 0.4) is 0 Å². The van der Waals surface area contributed by atoms with Gasteiger partial charge in [0.05, 0.1) is 18.7 Å². The van der Waals surface area contributed by atoms with Gasteiger partial charge in [0.15, 0.2) is 0 Å². The summed E-state index contributed by atoms with van der Waals surface area (Å²) in [5.41, 5.74) is 3.03. The van der Waals surface area contributed by atoms with Crippen molar-refractivity contribution in [1.29, 1.82) is 0 Å². The lowest BCUT2D eigenvalue weighted by Gasteiger charge is -2.10. The van der Waals surface area contributed by atoms with Crippen molar-refractivity contribution in [2.24, 2.45) is 0 Å². The summed E-state index contributed by atoms with van der Waals surface area (Å²) in [6.45, 7) is 4.70. The lowest BCUT2D eigenvalue weighted by Crippen LogP contribution is -2.08. The second kappa shape index (κ2) is 5.09. The van der Waals surface area contributed by atoms with E-state index in [1.54, 1.807) is 13.3 Å². The van der Waals surface area contributed by atoms with Gasteiger partial charge in [-0.3, -0.25) is 4.79 Å². The fraction of sp³-hybridized carbons (Fsp3) is 0.250. The molecule has 0 bridgehead atoms. The first kappa shape index (κ1) is 13.4. The monoisotopic (exact) mass is 283 g/mol. The third-order valence-corrected chi connectivity index (χ3v) is 3.92. The zero-order chi connectivity index (χ0) is 15.0. The van der Waals surface area contributed by atoms with Crippen LogP contribution in [-0.4, -0.2) is 21.9 Å². The minimum Gasteiger partial charge on any atom is -0.497 e.